The van der Waals surface area contributed by atoms with E-state index in [9.17, 15) is 9.59 Å². The minimum atomic E-state index is -0.234. The van der Waals surface area contributed by atoms with Crippen LogP contribution in [0.3, 0.4) is 0 Å². The van der Waals surface area contributed by atoms with Gasteiger partial charge in [-0.1, -0.05) is 25.5 Å². The van der Waals surface area contributed by atoms with E-state index in [1.807, 2.05) is 19.1 Å². The zero-order valence-electron chi connectivity index (χ0n) is 11.2. The number of carbonyl (C=O) groups is 2. The molecule has 0 aromatic heterocycles. The normalized spacial score (nSPS) is 15.0. The first-order valence-corrected chi connectivity index (χ1v) is 6.87. The molecule has 102 valence electrons. The molecule has 2 rings (SSSR count). The fourth-order valence-corrected chi connectivity index (χ4v) is 2.61. The maximum Gasteiger partial charge on any atom is 0.233 e. The molecule has 19 heavy (non-hydrogen) atoms. The summed E-state index contributed by atoms with van der Waals surface area (Å²) in [6.45, 7) is 3.05. The second-order valence-corrected chi connectivity index (χ2v) is 4.91. The highest BCUT2D eigenvalue weighted by Gasteiger charge is 2.21. The van der Waals surface area contributed by atoms with Crippen LogP contribution in [0.25, 0.3) is 0 Å². The molecular formula is C15H20N2O2. The van der Waals surface area contributed by atoms with E-state index >= 15 is 0 Å². The average Bonchev–Trinajstić information content (AvgIpc) is 2.44. The van der Waals surface area contributed by atoms with Crippen LogP contribution in [-0.4, -0.2) is 18.9 Å². The first-order valence-electron chi connectivity index (χ1n) is 6.87. The fourth-order valence-electron chi connectivity index (χ4n) is 2.61. The molecule has 1 heterocycles. The van der Waals surface area contributed by atoms with E-state index in [4.69, 9.17) is 0 Å². The van der Waals surface area contributed by atoms with Crippen molar-refractivity contribution in [1.82, 2.24) is 5.32 Å². The third kappa shape index (κ3) is 3.13. The number of aryl methyl sites for hydroxylation is 1. The molecule has 0 aliphatic carbocycles. The number of rotatable bonds is 5. The molecule has 0 saturated carbocycles. The highest BCUT2D eigenvalue weighted by molar-refractivity contribution is 5.91. The van der Waals surface area contributed by atoms with Gasteiger partial charge in [-0.05, 0) is 36.5 Å². The number of amides is 2. The number of nitrogens with one attached hydrogen (secondary N) is 2. The number of imide groups is 1. The minimum Gasteiger partial charge on any atom is -0.385 e. The lowest BCUT2D eigenvalue weighted by Crippen LogP contribution is -2.28. The molecule has 1 aliphatic heterocycles. The maximum atomic E-state index is 11.9. The van der Waals surface area contributed by atoms with Gasteiger partial charge in [-0.25, -0.2) is 0 Å². The van der Waals surface area contributed by atoms with E-state index in [0.717, 1.165) is 37.8 Å². The van der Waals surface area contributed by atoms with Gasteiger partial charge in [0.15, 0.2) is 0 Å². The highest BCUT2D eigenvalue weighted by Crippen LogP contribution is 2.28. The number of benzene rings is 1. The Labute approximate surface area is 113 Å². The lowest BCUT2D eigenvalue weighted by atomic mass is 9.90. The Hall–Kier alpha value is -1.84. The van der Waals surface area contributed by atoms with Crippen molar-refractivity contribution < 1.29 is 9.59 Å². The van der Waals surface area contributed by atoms with Crippen LogP contribution in [0.15, 0.2) is 18.2 Å². The average molecular weight is 260 g/mol. The van der Waals surface area contributed by atoms with Gasteiger partial charge in [0, 0.05) is 12.2 Å². The van der Waals surface area contributed by atoms with E-state index in [1.54, 1.807) is 0 Å². The third-order valence-electron chi connectivity index (χ3n) is 3.57. The van der Waals surface area contributed by atoms with Crippen molar-refractivity contribution in [3.05, 3.63) is 29.3 Å². The standard InChI is InChI=1S/C15H20N2O2/c1-2-4-13(15(19)17-10-18)11-6-7-14-12(9-11)5-3-8-16-14/h6-7,9-10,13,16H,2-5,8H2,1H3,(H,17,18,19). The molecule has 4 nitrogen and oxygen atoms in total. The lowest BCUT2D eigenvalue weighted by molar-refractivity contribution is -0.126. The first kappa shape index (κ1) is 13.6. The zero-order valence-corrected chi connectivity index (χ0v) is 11.2. The number of hydrogen-bond donors (Lipinski definition) is 2. The molecule has 1 aromatic carbocycles. The van der Waals surface area contributed by atoms with Gasteiger partial charge in [0.25, 0.3) is 0 Å². The molecule has 1 aromatic rings. The Kier molecular flexibility index (Phi) is 4.55. The fraction of sp³-hybridized carbons (Fsp3) is 0.467. The zero-order chi connectivity index (χ0) is 13.7. The molecule has 2 amide bonds. The van der Waals surface area contributed by atoms with Crippen LogP contribution < -0.4 is 10.6 Å². The summed E-state index contributed by atoms with van der Waals surface area (Å²) < 4.78 is 0. The summed E-state index contributed by atoms with van der Waals surface area (Å²) in [5.74, 6) is -0.442. The van der Waals surface area contributed by atoms with Crippen molar-refractivity contribution in [1.29, 1.82) is 0 Å². The van der Waals surface area contributed by atoms with Crippen LogP contribution in [0.1, 0.15) is 43.2 Å². The highest BCUT2D eigenvalue weighted by atomic mass is 16.2. The number of carbonyl (C=O) groups excluding carboxylic acids is 2. The van der Waals surface area contributed by atoms with Crippen molar-refractivity contribution >= 4 is 18.0 Å². The summed E-state index contributed by atoms with van der Waals surface area (Å²) in [6, 6.07) is 6.13. The number of anilines is 1. The quantitative estimate of drug-likeness (QED) is 0.798. The summed E-state index contributed by atoms with van der Waals surface area (Å²) in [5, 5.41) is 5.63. The minimum absolute atomic E-state index is 0.208. The van der Waals surface area contributed by atoms with Gasteiger partial charge in [0.2, 0.25) is 12.3 Å². The molecule has 1 unspecified atom stereocenters. The smallest absolute Gasteiger partial charge is 0.233 e. The summed E-state index contributed by atoms with van der Waals surface area (Å²) in [7, 11) is 0. The van der Waals surface area contributed by atoms with Crippen molar-refractivity contribution in [2.45, 2.75) is 38.5 Å². The molecule has 0 saturated heterocycles. The molecule has 0 spiro atoms. The molecule has 2 N–H and O–H groups in total. The van der Waals surface area contributed by atoms with E-state index in [2.05, 4.69) is 16.7 Å². The molecule has 1 aliphatic rings. The van der Waals surface area contributed by atoms with Gasteiger partial charge in [-0.2, -0.15) is 0 Å². The molecule has 0 bridgehead atoms. The van der Waals surface area contributed by atoms with Crippen molar-refractivity contribution in [3.63, 3.8) is 0 Å². The van der Waals surface area contributed by atoms with Gasteiger partial charge in [-0.3, -0.25) is 14.9 Å². The topological polar surface area (TPSA) is 58.2 Å². The van der Waals surface area contributed by atoms with Gasteiger partial charge in [0.05, 0.1) is 5.92 Å². The summed E-state index contributed by atoms with van der Waals surface area (Å²) in [5.41, 5.74) is 3.44. The van der Waals surface area contributed by atoms with Crippen LogP contribution in [0.4, 0.5) is 5.69 Å². The van der Waals surface area contributed by atoms with Crippen LogP contribution in [0, 0.1) is 0 Å². The Morgan fingerprint density at radius 2 is 2.37 bits per heavy atom. The first-order chi connectivity index (χ1) is 9.26. The van der Waals surface area contributed by atoms with E-state index in [0.29, 0.717) is 6.41 Å². The Morgan fingerprint density at radius 3 is 3.11 bits per heavy atom. The molecule has 0 fully saturated rings. The predicted molar refractivity (Wildman–Crippen MR) is 75.1 cm³/mol. The van der Waals surface area contributed by atoms with Crippen LogP contribution >= 0.6 is 0 Å². The van der Waals surface area contributed by atoms with Crippen LogP contribution in [-0.2, 0) is 16.0 Å². The Morgan fingerprint density at radius 1 is 1.53 bits per heavy atom. The van der Waals surface area contributed by atoms with E-state index in [1.165, 1.54) is 11.3 Å². The summed E-state index contributed by atoms with van der Waals surface area (Å²) in [4.78, 5) is 22.4. The maximum absolute atomic E-state index is 11.9. The number of hydrogen-bond acceptors (Lipinski definition) is 3. The van der Waals surface area contributed by atoms with Gasteiger partial charge < -0.3 is 5.32 Å². The second kappa shape index (κ2) is 6.36. The Bertz CT molecular complexity index is 471. The van der Waals surface area contributed by atoms with E-state index in [-0.39, 0.29) is 11.8 Å². The van der Waals surface area contributed by atoms with Gasteiger partial charge >= 0.3 is 0 Å². The Balaban J connectivity index is 2.25. The molecular weight excluding hydrogens is 240 g/mol. The third-order valence-corrected chi connectivity index (χ3v) is 3.57. The van der Waals surface area contributed by atoms with Gasteiger partial charge in [-0.15, -0.1) is 0 Å². The van der Waals surface area contributed by atoms with Crippen LogP contribution in [0.2, 0.25) is 0 Å². The van der Waals surface area contributed by atoms with Crippen molar-refractivity contribution in [2.24, 2.45) is 0 Å². The summed E-state index contributed by atoms with van der Waals surface area (Å²) >= 11 is 0. The van der Waals surface area contributed by atoms with E-state index < -0.39 is 0 Å². The lowest BCUT2D eigenvalue weighted by Gasteiger charge is -2.21. The van der Waals surface area contributed by atoms with Crippen molar-refractivity contribution in [2.75, 3.05) is 11.9 Å². The molecule has 0 radical (unpaired) electrons. The number of fused-ring (bicyclic) bond motifs is 1. The van der Waals surface area contributed by atoms with Gasteiger partial charge in [0.1, 0.15) is 0 Å². The second-order valence-electron chi connectivity index (χ2n) is 4.91. The van der Waals surface area contributed by atoms with Crippen molar-refractivity contribution in [3.8, 4) is 0 Å². The van der Waals surface area contributed by atoms with Crippen LogP contribution in [0.5, 0.6) is 0 Å². The SMILES string of the molecule is CCCC(C(=O)NC=O)c1ccc2c(c1)CCCN2. The molecule has 1 atom stereocenters. The monoisotopic (exact) mass is 260 g/mol. The predicted octanol–water partition coefficient (Wildman–Crippen LogP) is 2.20. The largest absolute Gasteiger partial charge is 0.385 e. The molecule has 4 heteroatoms. The summed E-state index contributed by atoms with van der Waals surface area (Å²) in [6.07, 6.45) is 4.29.